The molecule has 106 valence electrons. The van der Waals surface area contributed by atoms with Gasteiger partial charge in [-0.15, -0.1) is 11.8 Å². The summed E-state index contributed by atoms with van der Waals surface area (Å²) in [5.41, 5.74) is 3.35. The van der Waals surface area contributed by atoms with Crippen LogP contribution in [0, 0.1) is 0 Å². The van der Waals surface area contributed by atoms with Crippen LogP contribution in [0.25, 0.3) is 0 Å². The van der Waals surface area contributed by atoms with E-state index in [-0.39, 0.29) is 5.78 Å². The Bertz CT molecular complexity index is 708. The number of ketones is 1. The van der Waals surface area contributed by atoms with Gasteiger partial charge in [-0.3, -0.25) is 4.79 Å². The van der Waals surface area contributed by atoms with Crippen LogP contribution in [0.3, 0.4) is 0 Å². The predicted molar refractivity (Wildman–Crippen MR) is 84.5 cm³/mol. The molecule has 0 fully saturated rings. The Morgan fingerprint density at radius 3 is 2.95 bits per heavy atom. The van der Waals surface area contributed by atoms with Gasteiger partial charge in [0.2, 0.25) is 0 Å². The molecule has 0 radical (unpaired) electrons. The zero-order valence-electron chi connectivity index (χ0n) is 11.7. The van der Waals surface area contributed by atoms with E-state index >= 15 is 0 Å². The first-order valence-corrected chi connectivity index (χ1v) is 8.31. The fraction of sp³-hybridized carbons (Fsp3) is 0.278. The first-order chi connectivity index (χ1) is 10.3. The number of carbonyl (C=O) groups is 1. The van der Waals surface area contributed by atoms with E-state index in [4.69, 9.17) is 4.74 Å². The van der Waals surface area contributed by atoms with E-state index in [0.717, 1.165) is 29.1 Å². The molecule has 2 aliphatic rings. The summed E-state index contributed by atoms with van der Waals surface area (Å²) in [6.07, 6.45) is 1.44. The SMILES string of the molecule is O=C1CCc2c(OCC3CSc4ccccc43)cccc21. The van der Waals surface area contributed by atoms with E-state index in [1.54, 1.807) is 0 Å². The van der Waals surface area contributed by atoms with Crippen molar-refractivity contribution in [1.29, 1.82) is 0 Å². The average molecular weight is 296 g/mol. The Morgan fingerprint density at radius 2 is 2.00 bits per heavy atom. The van der Waals surface area contributed by atoms with E-state index in [0.29, 0.717) is 18.9 Å². The van der Waals surface area contributed by atoms with Crippen LogP contribution >= 0.6 is 11.8 Å². The van der Waals surface area contributed by atoms with Crippen molar-refractivity contribution in [2.75, 3.05) is 12.4 Å². The summed E-state index contributed by atoms with van der Waals surface area (Å²) >= 11 is 1.90. The molecule has 0 spiro atoms. The summed E-state index contributed by atoms with van der Waals surface area (Å²) in [5, 5.41) is 0. The molecule has 0 bridgehead atoms. The van der Waals surface area contributed by atoms with Gasteiger partial charge in [-0.05, 0) is 24.1 Å². The third-order valence-corrected chi connectivity index (χ3v) is 5.53. The van der Waals surface area contributed by atoms with Crippen LogP contribution in [0.15, 0.2) is 47.4 Å². The van der Waals surface area contributed by atoms with Crippen molar-refractivity contribution in [3.05, 3.63) is 59.2 Å². The molecule has 0 saturated heterocycles. The highest BCUT2D eigenvalue weighted by Gasteiger charge is 2.25. The topological polar surface area (TPSA) is 26.3 Å². The number of ether oxygens (including phenoxy) is 1. The molecular formula is C18H16O2S. The van der Waals surface area contributed by atoms with Crippen LogP contribution in [0.2, 0.25) is 0 Å². The van der Waals surface area contributed by atoms with Crippen LogP contribution < -0.4 is 4.74 Å². The van der Waals surface area contributed by atoms with Crippen LogP contribution in [-0.4, -0.2) is 18.1 Å². The second kappa shape index (κ2) is 5.23. The number of benzene rings is 2. The molecule has 2 aromatic carbocycles. The average Bonchev–Trinajstić information content (AvgIpc) is 3.10. The molecule has 21 heavy (non-hydrogen) atoms. The highest BCUT2D eigenvalue weighted by Crippen LogP contribution is 2.40. The molecule has 0 N–H and O–H groups in total. The number of fused-ring (bicyclic) bond motifs is 2. The molecule has 1 aliphatic heterocycles. The Hall–Kier alpha value is -1.74. The third-order valence-electron chi connectivity index (χ3n) is 4.27. The van der Waals surface area contributed by atoms with E-state index in [1.807, 2.05) is 30.0 Å². The van der Waals surface area contributed by atoms with Crippen LogP contribution in [0.5, 0.6) is 5.75 Å². The lowest BCUT2D eigenvalue weighted by atomic mass is 10.0. The molecule has 3 heteroatoms. The van der Waals surface area contributed by atoms with Crippen molar-refractivity contribution in [2.24, 2.45) is 0 Å². The van der Waals surface area contributed by atoms with Gasteiger partial charge in [0.05, 0.1) is 6.61 Å². The smallest absolute Gasteiger partial charge is 0.163 e. The van der Waals surface area contributed by atoms with Crippen molar-refractivity contribution in [1.82, 2.24) is 0 Å². The van der Waals surface area contributed by atoms with Gasteiger partial charge in [0.25, 0.3) is 0 Å². The van der Waals surface area contributed by atoms with Crippen molar-refractivity contribution < 1.29 is 9.53 Å². The van der Waals surface area contributed by atoms with Gasteiger partial charge in [-0.25, -0.2) is 0 Å². The van der Waals surface area contributed by atoms with Crippen molar-refractivity contribution in [2.45, 2.75) is 23.7 Å². The Balaban J connectivity index is 1.53. The fourth-order valence-corrected chi connectivity index (χ4v) is 4.38. The maximum atomic E-state index is 11.8. The summed E-state index contributed by atoms with van der Waals surface area (Å²) in [7, 11) is 0. The quantitative estimate of drug-likeness (QED) is 0.853. The summed E-state index contributed by atoms with van der Waals surface area (Å²) in [4.78, 5) is 13.2. The minimum atomic E-state index is 0.247. The first kappa shape index (κ1) is 13.0. The van der Waals surface area contributed by atoms with Gasteiger partial charge >= 0.3 is 0 Å². The number of Topliss-reactive ketones (excluding diaryl/α,β-unsaturated/α-hetero) is 1. The normalized spacial score (nSPS) is 19.4. The zero-order chi connectivity index (χ0) is 14.2. The Labute approximate surface area is 128 Å². The number of hydrogen-bond donors (Lipinski definition) is 0. The molecule has 2 nitrogen and oxygen atoms in total. The molecule has 2 aromatic rings. The lowest BCUT2D eigenvalue weighted by Crippen LogP contribution is -2.10. The fourth-order valence-electron chi connectivity index (χ4n) is 3.15. The number of carbonyl (C=O) groups excluding carboxylic acids is 1. The predicted octanol–water partition coefficient (Wildman–Crippen LogP) is 4.08. The van der Waals surface area contributed by atoms with Gasteiger partial charge in [0, 0.05) is 34.1 Å². The van der Waals surface area contributed by atoms with Crippen molar-refractivity contribution in [3.63, 3.8) is 0 Å². The van der Waals surface area contributed by atoms with Crippen molar-refractivity contribution >= 4 is 17.5 Å². The van der Waals surface area contributed by atoms with Gasteiger partial charge in [-0.2, -0.15) is 0 Å². The Morgan fingerprint density at radius 1 is 1.10 bits per heavy atom. The maximum Gasteiger partial charge on any atom is 0.163 e. The molecule has 4 rings (SSSR count). The molecule has 1 aliphatic carbocycles. The van der Waals surface area contributed by atoms with Crippen LogP contribution in [-0.2, 0) is 6.42 Å². The molecule has 0 saturated carbocycles. The number of thioether (sulfide) groups is 1. The lowest BCUT2D eigenvalue weighted by molar-refractivity contribution is 0.0994. The standard InChI is InChI=1S/C18H16O2S/c19-16-9-8-15-14(16)5-3-6-17(15)20-10-12-11-21-18-7-2-1-4-13(12)18/h1-7,12H,8-11H2. The summed E-state index contributed by atoms with van der Waals surface area (Å²) in [5.74, 6) is 2.66. The van der Waals surface area contributed by atoms with E-state index in [2.05, 4.69) is 24.3 Å². The van der Waals surface area contributed by atoms with E-state index in [9.17, 15) is 4.79 Å². The second-order valence-electron chi connectivity index (χ2n) is 5.56. The molecule has 0 aromatic heterocycles. The summed E-state index contributed by atoms with van der Waals surface area (Å²) < 4.78 is 6.07. The molecule has 1 heterocycles. The minimum Gasteiger partial charge on any atom is -0.493 e. The molecule has 0 amide bonds. The maximum absolute atomic E-state index is 11.8. The summed E-state index contributed by atoms with van der Waals surface area (Å²) in [6, 6.07) is 14.4. The van der Waals surface area contributed by atoms with Gasteiger partial charge < -0.3 is 4.74 Å². The minimum absolute atomic E-state index is 0.247. The molecule has 1 unspecified atom stereocenters. The highest BCUT2D eigenvalue weighted by molar-refractivity contribution is 7.99. The van der Waals surface area contributed by atoms with E-state index in [1.165, 1.54) is 10.5 Å². The monoisotopic (exact) mass is 296 g/mol. The molecular weight excluding hydrogens is 280 g/mol. The highest BCUT2D eigenvalue weighted by atomic mass is 32.2. The number of rotatable bonds is 3. The molecule has 1 atom stereocenters. The van der Waals surface area contributed by atoms with Gasteiger partial charge in [0.1, 0.15) is 5.75 Å². The van der Waals surface area contributed by atoms with Crippen LogP contribution in [0.1, 0.15) is 33.8 Å². The zero-order valence-corrected chi connectivity index (χ0v) is 12.5. The third kappa shape index (κ3) is 2.26. The summed E-state index contributed by atoms with van der Waals surface area (Å²) in [6.45, 7) is 0.689. The second-order valence-corrected chi connectivity index (χ2v) is 6.62. The largest absolute Gasteiger partial charge is 0.493 e. The van der Waals surface area contributed by atoms with E-state index < -0.39 is 0 Å². The lowest BCUT2D eigenvalue weighted by Gasteiger charge is -2.15. The van der Waals surface area contributed by atoms with Crippen molar-refractivity contribution in [3.8, 4) is 5.75 Å². The van der Waals surface area contributed by atoms with Crippen LogP contribution in [0.4, 0.5) is 0 Å². The number of hydrogen-bond acceptors (Lipinski definition) is 3. The Kier molecular flexibility index (Phi) is 3.23. The first-order valence-electron chi connectivity index (χ1n) is 7.32. The van der Waals surface area contributed by atoms with Gasteiger partial charge in [0.15, 0.2) is 5.78 Å². The van der Waals surface area contributed by atoms with Gasteiger partial charge in [-0.1, -0.05) is 30.3 Å².